The largest absolute Gasteiger partial charge is 0.364 e. The van der Waals surface area contributed by atoms with E-state index in [0.717, 1.165) is 12.8 Å². The summed E-state index contributed by atoms with van der Waals surface area (Å²) in [6.45, 7) is 2.12. The van der Waals surface area contributed by atoms with Crippen LogP contribution in [0.2, 0.25) is 0 Å². The second-order valence-electron chi connectivity index (χ2n) is 2.87. The van der Waals surface area contributed by atoms with Crippen molar-refractivity contribution in [3.8, 4) is 0 Å². The number of hydrogen-bond donors (Lipinski definition) is 2. The van der Waals surface area contributed by atoms with Crippen LogP contribution >= 0.6 is 0 Å². The minimum absolute atomic E-state index is 0.551. The lowest BCUT2D eigenvalue weighted by Gasteiger charge is -2.04. The first kappa shape index (κ1) is 9.23. The second kappa shape index (κ2) is 4.24. The van der Waals surface area contributed by atoms with E-state index >= 15 is 0 Å². The Bertz CT molecular complexity index is 226. The number of aliphatic hydroxyl groups excluding tert-OH is 1. The predicted molar refractivity (Wildman–Crippen MR) is 47.6 cm³/mol. The maximum absolute atomic E-state index is 8.80. The molecule has 0 amide bonds. The number of aryl methyl sites for hydroxylation is 1. The molecule has 0 saturated carbocycles. The molecule has 0 aromatic heterocycles. The van der Waals surface area contributed by atoms with Gasteiger partial charge in [-0.3, -0.25) is 0 Å². The van der Waals surface area contributed by atoms with Crippen LogP contribution < -0.4 is 0 Å². The van der Waals surface area contributed by atoms with Crippen molar-refractivity contribution in [3.63, 3.8) is 0 Å². The van der Waals surface area contributed by atoms with Crippen molar-refractivity contribution in [2.24, 2.45) is 0 Å². The van der Waals surface area contributed by atoms with Crippen molar-refractivity contribution < 1.29 is 10.2 Å². The first-order chi connectivity index (χ1) is 5.74. The summed E-state index contributed by atoms with van der Waals surface area (Å²) in [5.74, 6) is 0. The standard InChI is InChI=1S/C10H14O2/c1-2-3-8-4-6-9(7-5-8)10(11)12/h4-7,10-12H,2-3H2,1H3. The summed E-state index contributed by atoms with van der Waals surface area (Å²) in [4.78, 5) is 0. The zero-order chi connectivity index (χ0) is 8.97. The summed E-state index contributed by atoms with van der Waals surface area (Å²) >= 11 is 0. The van der Waals surface area contributed by atoms with Gasteiger partial charge in [-0.15, -0.1) is 0 Å². The minimum atomic E-state index is -1.35. The fourth-order valence-corrected chi connectivity index (χ4v) is 1.15. The molecule has 12 heavy (non-hydrogen) atoms. The number of rotatable bonds is 3. The van der Waals surface area contributed by atoms with Gasteiger partial charge in [0.25, 0.3) is 0 Å². The highest BCUT2D eigenvalue weighted by molar-refractivity contribution is 5.23. The van der Waals surface area contributed by atoms with Crippen molar-refractivity contribution in [2.75, 3.05) is 0 Å². The third kappa shape index (κ3) is 2.32. The van der Waals surface area contributed by atoms with Gasteiger partial charge in [0.05, 0.1) is 0 Å². The molecule has 2 N–H and O–H groups in total. The average molecular weight is 166 g/mol. The molecule has 0 heterocycles. The average Bonchev–Trinajstić information content (AvgIpc) is 2.06. The van der Waals surface area contributed by atoms with E-state index in [0.29, 0.717) is 5.56 Å². The Labute approximate surface area is 72.5 Å². The molecule has 0 aliphatic heterocycles. The van der Waals surface area contributed by atoms with Gasteiger partial charge in [0.1, 0.15) is 0 Å². The lowest BCUT2D eigenvalue weighted by Crippen LogP contribution is -1.94. The number of hydrogen-bond acceptors (Lipinski definition) is 2. The summed E-state index contributed by atoms with van der Waals surface area (Å²) < 4.78 is 0. The Morgan fingerprint density at radius 3 is 2.17 bits per heavy atom. The van der Waals surface area contributed by atoms with Gasteiger partial charge in [-0.1, -0.05) is 37.6 Å². The van der Waals surface area contributed by atoms with Crippen LogP contribution in [0, 0.1) is 0 Å². The third-order valence-electron chi connectivity index (χ3n) is 1.82. The lowest BCUT2D eigenvalue weighted by atomic mass is 10.1. The molecule has 0 unspecified atom stereocenters. The smallest absolute Gasteiger partial charge is 0.178 e. The molecular formula is C10H14O2. The molecule has 1 aromatic carbocycles. The SMILES string of the molecule is CCCc1ccc(C(O)O)cc1. The molecule has 2 nitrogen and oxygen atoms in total. The molecule has 0 saturated heterocycles. The summed E-state index contributed by atoms with van der Waals surface area (Å²) in [6, 6.07) is 7.35. The van der Waals surface area contributed by atoms with E-state index < -0.39 is 6.29 Å². The first-order valence-electron chi connectivity index (χ1n) is 4.19. The molecule has 0 fully saturated rings. The number of aliphatic hydroxyl groups is 2. The van der Waals surface area contributed by atoms with Crippen LogP contribution in [0.15, 0.2) is 24.3 Å². The van der Waals surface area contributed by atoms with E-state index in [2.05, 4.69) is 6.92 Å². The van der Waals surface area contributed by atoms with E-state index in [4.69, 9.17) is 10.2 Å². The summed E-state index contributed by atoms with van der Waals surface area (Å²) in [7, 11) is 0. The quantitative estimate of drug-likeness (QED) is 0.670. The molecule has 2 heteroatoms. The van der Waals surface area contributed by atoms with Crippen molar-refractivity contribution in [2.45, 2.75) is 26.1 Å². The third-order valence-corrected chi connectivity index (χ3v) is 1.82. The van der Waals surface area contributed by atoms with Crippen molar-refractivity contribution >= 4 is 0 Å². The summed E-state index contributed by atoms with van der Waals surface area (Å²) in [6.07, 6.45) is 0.809. The van der Waals surface area contributed by atoms with E-state index in [-0.39, 0.29) is 0 Å². The molecule has 1 rings (SSSR count). The molecule has 66 valence electrons. The highest BCUT2D eigenvalue weighted by atomic mass is 16.5. The number of benzene rings is 1. The minimum Gasteiger partial charge on any atom is -0.364 e. The monoisotopic (exact) mass is 166 g/mol. The van der Waals surface area contributed by atoms with Gasteiger partial charge in [0, 0.05) is 5.56 Å². The molecular weight excluding hydrogens is 152 g/mol. The van der Waals surface area contributed by atoms with E-state index in [1.54, 1.807) is 12.1 Å². The Hall–Kier alpha value is -0.860. The molecule has 0 radical (unpaired) electrons. The van der Waals surface area contributed by atoms with Crippen LogP contribution in [0.3, 0.4) is 0 Å². The zero-order valence-corrected chi connectivity index (χ0v) is 7.20. The Kier molecular flexibility index (Phi) is 3.26. The van der Waals surface area contributed by atoms with Gasteiger partial charge in [-0.05, 0) is 12.0 Å². The van der Waals surface area contributed by atoms with Crippen LogP contribution in [0.1, 0.15) is 30.8 Å². The van der Waals surface area contributed by atoms with Crippen molar-refractivity contribution in [1.82, 2.24) is 0 Å². The van der Waals surface area contributed by atoms with Crippen molar-refractivity contribution in [3.05, 3.63) is 35.4 Å². The fraction of sp³-hybridized carbons (Fsp3) is 0.400. The molecule has 0 atom stereocenters. The van der Waals surface area contributed by atoms with Crippen LogP contribution in [-0.2, 0) is 6.42 Å². The zero-order valence-electron chi connectivity index (χ0n) is 7.20. The Morgan fingerprint density at radius 1 is 1.17 bits per heavy atom. The van der Waals surface area contributed by atoms with Gasteiger partial charge in [0.15, 0.2) is 6.29 Å². The van der Waals surface area contributed by atoms with Gasteiger partial charge in [0.2, 0.25) is 0 Å². The molecule has 0 aliphatic rings. The second-order valence-corrected chi connectivity index (χ2v) is 2.87. The van der Waals surface area contributed by atoms with Crippen LogP contribution in [0.25, 0.3) is 0 Å². The highest BCUT2D eigenvalue weighted by Crippen LogP contribution is 2.11. The highest BCUT2D eigenvalue weighted by Gasteiger charge is 2.00. The summed E-state index contributed by atoms with van der Waals surface area (Å²) in [5.41, 5.74) is 1.79. The fourth-order valence-electron chi connectivity index (χ4n) is 1.15. The topological polar surface area (TPSA) is 40.5 Å². The lowest BCUT2D eigenvalue weighted by molar-refractivity contribution is -0.0424. The van der Waals surface area contributed by atoms with Gasteiger partial charge < -0.3 is 10.2 Å². The maximum atomic E-state index is 8.80. The first-order valence-corrected chi connectivity index (χ1v) is 4.19. The van der Waals surface area contributed by atoms with E-state index in [1.807, 2.05) is 12.1 Å². The van der Waals surface area contributed by atoms with E-state index in [1.165, 1.54) is 5.56 Å². The van der Waals surface area contributed by atoms with Gasteiger partial charge >= 0.3 is 0 Å². The molecule has 0 spiro atoms. The summed E-state index contributed by atoms with van der Waals surface area (Å²) in [5, 5.41) is 17.6. The Balaban J connectivity index is 2.71. The van der Waals surface area contributed by atoms with Crippen molar-refractivity contribution in [1.29, 1.82) is 0 Å². The Morgan fingerprint density at radius 2 is 1.75 bits per heavy atom. The molecule has 0 aliphatic carbocycles. The molecule has 1 aromatic rings. The van der Waals surface area contributed by atoms with Crippen LogP contribution in [0.4, 0.5) is 0 Å². The maximum Gasteiger partial charge on any atom is 0.178 e. The normalized spacial score (nSPS) is 10.7. The van der Waals surface area contributed by atoms with Gasteiger partial charge in [-0.25, -0.2) is 0 Å². The van der Waals surface area contributed by atoms with E-state index in [9.17, 15) is 0 Å². The van der Waals surface area contributed by atoms with Crippen LogP contribution in [0.5, 0.6) is 0 Å². The molecule has 0 bridgehead atoms. The predicted octanol–water partition coefficient (Wildman–Crippen LogP) is 1.62. The van der Waals surface area contributed by atoms with Gasteiger partial charge in [-0.2, -0.15) is 0 Å². The van der Waals surface area contributed by atoms with Crippen LogP contribution in [-0.4, -0.2) is 10.2 Å².